The van der Waals surface area contributed by atoms with Crippen LogP contribution in [0, 0.1) is 11.8 Å². The van der Waals surface area contributed by atoms with Crippen molar-refractivity contribution in [1.29, 1.82) is 0 Å². The van der Waals surface area contributed by atoms with E-state index in [1.807, 2.05) is 0 Å². The van der Waals surface area contributed by atoms with Crippen LogP contribution in [0.3, 0.4) is 0 Å². The summed E-state index contributed by atoms with van der Waals surface area (Å²) in [6.45, 7) is 4.47. The molecule has 0 aromatic heterocycles. The van der Waals surface area contributed by atoms with E-state index in [2.05, 4.69) is 13.8 Å². The molecule has 0 amide bonds. The Labute approximate surface area is 185 Å². The maximum atomic E-state index is 12.7. The van der Waals surface area contributed by atoms with Gasteiger partial charge in [0, 0.05) is 0 Å². The first kappa shape index (κ1) is 27.0. The number of unbranched alkanes of at least 4 members (excludes halogenated alkanes) is 11. The summed E-state index contributed by atoms with van der Waals surface area (Å²) in [5.74, 6) is -1.50. The van der Waals surface area contributed by atoms with Gasteiger partial charge in [-0.15, -0.1) is 0 Å². The molecule has 3 unspecified atom stereocenters. The quantitative estimate of drug-likeness (QED) is 0.181. The minimum absolute atomic E-state index is 0.0180. The van der Waals surface area contributed by atoms with Gasteiger partial charge in [-0.3, -0.25) is 9.59 Å². The van der Waals surface area contributed by atoms with Crippen LogP contribution in [0.15, 0.2) is 0 Å². The van der Waals surface area contributed by atoms with Crippen LogP contribution in [-0.4, -0.2) is 23.1 Å². The molecule has 0 aliphatic heterocycles. The minimum atomic E-state index is -0.765. The van der Waals surface area contributed by atoms with Crippen LogP contribution < -0.4 is 0 Å². The number of carboxylic acids is 1. The van der Waals surface area contributed by atoms with Crippen molar-refractivity contribution in [3.8, 4) is 0 Å². The number of hydrogen-bond donors (Lipinski definition) is 1. The molecule has 0 radical (unpaired) electrons. The van der Waals surface area contributed by atoms with Crippen LogP contribution in [0.25, 0.3) is 0 Å². The van der Waals surface area contributed by atoms with Gasteiger partial charge in [0.25, 0.3) is 0 Å². The van der Waals surface area contributed by atoms with E-state index in [1.54, 1.807) is 0 Å². The Morgan fingerprint density at radius 2 is 1.23 bits per heavy atom. The van der Waals surface area contributed by atoms with Crippen LogP contribution in [0.4, 0.5) is 0 Å². The lowest BCUT2D eigenvalue weighted by Crippen LogP contribution is -2.31. The van der Waals surface area contributed by atoms with E-state index >= 15 is 0 Å². The van der Waals surface area contributed by atoms with Crippen molar-refractivity contribution in [2.24, 2.45) is 11.8 Å². The molecule has 1 N–H and O–H groups in total. The highest BCUT2D eigenvalue weighted by atomic mass is 16.5. The third-order valence-electron chi connectivity index (χ3n) is 6.65. The molecule has 30 heavy (non-hydrogen) atoms. The van der Waals surface area contributed by atoms with Crippen LogP contribution in [0.2, 0.25) is 0 Å². The SMILES string of the molecule is CCCCCCCCCCC(CCCCCCC)OC(=O)C1CCCC(C(=O)O)C1. The van der Waals surface area contributed by atoms with Gasteiger partial charge in [-0.25, -0.2) is 0 Å². The van der Waals surface area contributed by atoms with E-state index in [1.165, 1.54) is 70.6 Å². The number of rotatable bonds is 18. The van der Waals surface area contributed by atoms with Gasteiger partial charge in [0.1, 0.15) is 6.10 Å². The zero-order chi connectivity index (χ0) is 22.0. The molecule has 3 atom stereocenters. The molecule has 0 heterocycles. The van der Waals surface area contributed by atoms with Gasteiger partial charge >= 0.3 is 11.9 Å². The lowest BCUT2D eigenvalue weighted by molar-refractivity contribution is -0.158. The third-order valence-corrected chi connectivity index (χ3v) is 6.65. The summed E-state index contributed by atoms with van der Waals surface area (Å²) < 4.78 is 5.95. The Kier molecular flexibility index (Phi) is 15.8. The van der Waals surface area contributed by atoms with Crippen molar-refractivity contribution in [1.82, 2.24) is 0 Å². The highest BCUT2D eigenvalue weighted by molar-refractivity contribution is 5.75. The van der Waals surface area contributed by atoms with Crippen LogP contribution in [0.5, 0.6) is 0 Å². The molecule has 1 fully saturated rings. The normalized spacial score (nSPS) is 20.1. The molecule has 1 saturated carbocycles. The maximum absolute atomic E-state index is 12.7. The van der Waals surface area contributed by atoms with E-state index in [-0.39, 0.29) is 23.9 Å². The standard InChI is InChI=1S/C26H48O4/c1-3-5-7-9-10-11-13-15-20-24(19-14-12-8-6-4-2)30-26(29)23-18-16-17-22(21-23)25(27)28/h22-24H,3-21H2,1-2H3,(H,27,28). The zero-order valence-electron chi connectivity index (χ0n) is 19.8. The monoisotopic (exact) mass is 424 g/mol. The van der Waals surface area contributed by atoms with E-state index in [4.69, 9.17) is 4.74 Å². The maximum Gasteiger partial charge on any atom is 0.309 e. The number of carboxylic acid groups (broad SMARTS) is 1. The number of hydrogen-bond acceptors (Lipinski definition) is 3. The second kappa shape index (κ2) is 17.6. The largest absolute Gasteiger partial charge is 0.481 e. The Hall–Kier alpha value is -1.06. The minimum Gasteiger partial charge on any atom is -0.481 e. The number of ether oxygens (including phenoxy) is 1. The lowest BCUT2D eigenvalue weighted by atomic mass is 9.81. The predicted octanol–water partition coefficient (Wildman–Crippen LogP) is 7.68. The van der Waals surface area contributed by atoms with Crippen molar-refractivity contribution < 1.29 is 19.4 Å². The van der Waals surface area contributed by atoms with Crippen LogP contribution in [0.1, 0.15) is 136 Å². The van der Waals surface area contributed by atoms with E-state index < -0.39 is 5.97 Å². The molecule has 0 aromatic rings. The van der Waals surface area contributed by atoms with Crippen molar-refractivity contribution in [2.45, 2.75) is 142 Å². The summed E-state index contributed by atoms with van der Waals surface area (Å²) in [5, 5.41) is 9.29. The molecule has 1 rings (SSSR count). The highest BCUT2D eigenvalue weighted by Gasteiger charge is 2.32. The average Bonchev–Trinajstić information content (AvgIpc) is 2.75. The first-order valence-electron chi connectivity index (χ1n) is 13.0. The Morgan fingerprint density at radius 1 is 0.767 bits per heavy atom. The fourth-order valence-corrected chi connectivity index (χ4v) is 4.63. The molecule has 0 saturated heterocycles. The van der Waals surface area contributed by atoms with Crippen LogP contribution >= 0.6 is 0 Å². The summed E-state index contributed by atoms with van der Waals surface area (Å²) >= 11 is 0. The van der Waals surface area contributed by atoms with Crippen LogP contribution in [-0.2, 0) is 14.3 Å². The van der Waals surface area contributed by atoms with Crippen molar-refractivity contribution in [2.75, 3.05) is 0 Å². The summed E-state index contributed by atoms with van der Waals surface area (Å²) in [6.07, 6.45) is 21.1. The zero-order valence-corrected chi connectivity index (χ0v) is 19.8. The second-order valence-corrected chi connectivity index (χ2v) is 9.42. The molecule has 4 nitrogen and oxygen atoms in total. The topological polar surface area (TPSA) is 63.6 Å². The third kappa shape index (κ3) is 12.6. The Bertz CT molecular complexity index is 448. The molecule has 0 bridgehead atoms. The summed E-state index contributed by atoms with van der Waals surface area (Å²) in [5.41, 5.74) is 0. The number of carbonyl (C=O) groups excluding carboxylic acids is 1. The molecular formula is C26H48O4. The lowest BCUT2D eigenvalue weighted by Gasteiger charge is -2.27. The van der Waals surface area contributed by atoms with Crippen molar-refractivity contribution >= 4 is 11.9 Å². The second-order valence-electron chi connectivity index (χ2n) is 9.42. The number of carbonyl (C=O) groups is 2. The average molecular weight is 425 g/mol. The van der Waals surface area contributed by atoms with Gasteiger partial charge in [0.2, 0.25) is 0 Å². The predicted molar refractivity (Wildman–Crippen MR) is 124 cm³/mol. The number of esters is 1. The molecule has 4 heteroatoms. The molecule has 0 aromatic carbocycles. The van der Waals surface area contributed by atoms with E-state index in [0.717, 1.165) is 38.5 Å². The summed E-state index contributed by atoms with van der Waals surface area (Å²) in [4.78, 5) is 24.0. The van der Waals surface area contributed by atoms with Crippen molar-refractivity contribution in [3.63, 3.8) is 0 Å². The Morgan fingerprint density at radius 3 is 1.73 bits per heavy atom. The van der Waals surface area contributed by atoms with E-state index in [0.29, 0.717) is 12.8 Å². The summed E-state index contributed by atoms with van der Waals surface area (Å²) in [6, 6.07) is 0. The fraction of sp³-hybridized carbons (Fsp3) is 0.923. The van der Waals surface area contributed by atoms with E-state index in [9.17, 15) is 14.7 Å². The van der Waals surface area contributed by atoms with Gasteiger partial charge in [-0.2, -0.15) is 0 Å². The van der Waals surface area contributed by atoms with Crippen molar-refractivity contribution in [3.05, 3.63) is 0 Å². The fourth-order valence-electron chi connectivity index (χ4n) is 4.63. The van der Waals surface area contributed by atoms with Gasteiger partial charge in [-0.05, 0) is 44.9 Å². The molecule has 0 spiro atoms. The summed E-state index contributed by atoms with van der Waals surface area (Å²) in [7, 11) is 0. The first-order chi connectivity index (χ1) is 14.6. The van der Waals surface area contributed by atoms with Gasteiger partial charge in [0.05, 0.1) is 11.8 Å². The number of aliphatic carboxylic acids is 1. The van der Waals surface area contributed by atoms with Gasteiger partial charge < -0.3 is 9.84 Å². The first-order valence-corrected chi connectivity index (χ1v) is 13.0. The van der Waals surface area contributed by atoms with Gasteiger partial charge in [0.15, 0.2) is 0 Å². The van der Waals surface area contributed by atoms with Gasteiger partial charge in [-0.1, -0.05) is 90.9 Å². The molecule has 1 aliphatic rings. The highest BCUT2D eigenvalue weighted by Crippen LogP contribution is 2.31. The Balaban J connectivity index is 2.37. The molecular weight excluding hydrogens is 376 g/mol. The molecule has 176 valence electrons. The molecule has 1 aliphatic carbocycles. The smallest absolute Gasteiger partial charge is 0.309 e.